The average Bonchev–Trinajstić information content (AvgIpc) is 3.67. The van der Waals surface area contributed by atoms with Gasteiger partial charge in [-0.25, -0.2) is 9.50 Å². The maximum absolute atomic E-state index is 13.5. The van der Waals surface area contributed by atoms with Crippen molar-refractivity contribution in [3.8, 4) is 0 Å². The van der Waals surface area contributed by atoms with Gasteiger partial charge in [-0.3, -0.25) is 4.79 Å². The molecule has 1 atom stereocenters. The molecule has 1 unspecified atom stereocenters. The molecule has 2 saturated heterocycles. The van der Waals surface area contributed by atoms with E-state index in [2.05, 4.69) is 41.4 Å². The van der Waals surface area contributed by atoms with Crippen molar-refractivity contribution in [2.45, 2.75) is 58.3 Å². The van der Waals surface area contributed by atoms with Crippen LogP contribution >= 0.6 is 0 Å². The third kappa shape index (κ3) is 4.41. The van der Waals surface area contributed by atoms with Gasteiger partial charge in [0.2, 0.25) is 5.89 Å². The molecule has 37 heavy (non-hydrogen) atoms. The van der Waals surface area contributed by atoms with E-state index in [-0.39, 0.29) is 17.7 Å². The molecule has 2 aliphatic rings. The van der Waals surface area contributed by atoms with E-state index in [0.717, 1.165) is 61.7 Å². The summed E-state index contributed by atoms with van der Waals surface area (Å²) in [5.74, 6) is 1.67. The molecule has 4 aromatic rings. The standard InChI is InChI=1S/C28H32N6O3/c1-17-6-4-5-7-21(17)14-23-18(2)30-26-24(15-29-34(26)19(23)3)28(35)33-11-8-22(16-33)27-31-25(32-37-27)20-9-12-36-13-10-20/h4-7,15,20,22H,8-14,16H2,1-3H3. The highest BCUT2D eigenvalue weighted by atomic mass is 16.5. The Hall–Kier alpha value is -3.59. The Morgan fingerprint density at radius 3 is 2.68 bits per heavy atom. The van der Waals surface area contributed by atoms with Crippen LogP contribution in [-0.2, 0) is 11.2 Å². The van der Waals surface area contributed by atoms with E-state index >= 15 is 0 Å². The zero-order valence-corrected chi connectivity index (χ0v) is 21.6. The molecule has 9 heteroatoms. The van der Waals surface area contributed by atoms with Gasteiger partial charge in [-0.1, -0.05) is 29.4 Å². The summed E-state index contributed by atoms with van der Waals surface area (Å²) in [7, 11) is 0. The lowest BCUT2D eigenvalue weighted by Gasteiger charge is -2.18. The highest BCUT2D eigenvalue weighted by molar-refractivity contribution is 5.99. The van der Waals surface area contributed by atoms with Crippen molar-refractivity contribution < 1.29 is 14.1 Å². The Bertz CT molecular complexity index is 1450. The van der Waals surface area contributed by atoms with Gasteiger partial charge < -0.3 is 14.2 Å². The zero-order chi connectivity index (χ0) is 25.5. The first-order valence-electron chi connectivity index (χ1n) is 13.1. The lowest BCUT2D eigenvalue weighted by molar-refractivity contribution is 0.0791. The number of carbonyl (C=O) groups is 1. The van der Waals surface area contributed by atoms with Gasteiger partial charge in [-0.2, -0.15) is 10.1 Å². The number of amides is 1. The number of likely N-dealkylation sites (tertiary alicyclic amines) is 1. The van der Waals surface area contributed by atoms with Crippen LogP contribution in [0.15, 0.2) is 35.0 Å². The molecule has 0 N–H and O–H groups in total. The lowest BCUT2D eigenvalue weighted by Crippen LogP contribution is -2.28. The van der Waals surface area contributed by atoms with Crippen molar-refractivity contribution in [2.75, 3.05) is 26.3 Å². The molecule has 0 aliphatic carbocycles. The average molecular weight is 501 g/mol. The van der Waals surface area contributed by atoms with Crippen LogP contribution in [0.3, 0.4) is 0 Å². The smallest absolute Gasteiger partial charge is 0.259 e. The molecule has 1 aromatic carbocycles. The maximum Gasteiger partial charge on any atom is 0.259 e. The van der Waals surface area contributed by atoms with Crippen LogP contribution in [0.2, 0.25) is 0 Å². The minimum atomic E-state index is -0.0559. The summed E-state index contributed by atoms with van der Waals surface area (Å²) in [5, 5.41) is 8.80. The third-order valence-electron chi connectivity index (χ3n) is 7.94. The fourth-order valence-corrected chi connectivity index (χ4v) is 5.57. The molecule has 2 fully saturated rings. The van der Waals surface area contributed by atoms with Crippen LogP contribution in [0.5, 0.6) is 0 Å². The largest absolute Gasteiger partial charge is 0.381 e. The molecule has 0 saturated carbocycles. The summed E-state index contributed by atoms with van der Waals surface area (Å²) in [6.45, 7) is 8.85. The summed E-state index contributed by atoms with van der Waals surface area (Å²) >= 11 is 0. The van der Waals surface area contributed by atoms with Gasteiger partial charge in [0, 0.05) is 50.0 Å². The quantitative estimate of drug-likeness (QED) is 0.406. The molecule has 9 nitrogen and oxygen atoms in total. The molecule has 192 valence electrons. The van der Waals surface area contributed by atoms with E-state index < -0.39 is 0 Å². The SMILES string of the molecule is Cc1ccccc1Cc1c(C)nc2c(C(=O)N3CCC(c4nc(C5CCOCC5)no4)C3)cnn2c1C. The number of hydrogen-bond acceptors (Lipinski definition) is 7. The van der Waals surface area contributed by atoms with Crippen molar-refractivity contribution in [3.63, 3.8) is 0 Å². The first kappa shape index (κ1) is 23.8. The molecule has 0 radical (unpaired) electrons. The molecule has 2 aliphatic heterocycles. The van der Waals surface area contributed by atoms with Gasteiger partial charge in [0.1, 0.15) is 5.56 Å². The molecule has 0 spiro atoms. The topological polar surface area (TPSA) is 98.7 Å². The number of carbonyl (C=O) groups excluding carboxylic acids is 1. The van der Waals surface area contributed by atoms with Gasteiger partial charge in [0.05, 0.1) is 12.1 Å². The summed E-state index contributed by atoms with van der Waals surface area (Å²) < 4.78 is 12.9. The van der Waals surface area contributed by atoms with Crippen molar-refractivity contribution in [1.29, 1.82) is 0 Å². The van der Waals surface area contributed by atoms with Crippen LogP contribution < -0.4 is 0 Å². The minimum Gasteiger partial charge on any atom is -0.381 e. The molecule has 0 bridgehead atoms. The second-order valence-corrected chi connectivity index (χ2v) is 10.3. The van der Waals surface area contributed by atoms with E-state index in [9.17, 15) is 4.79 Å². The van der Waals surface area contributed by atoms with Gasteiger partial charge in [0.15, 0.2) is 11.5 Å². The van der Waals surface area contributed by atoms with Gasteiger partial charge in [0.25, 0.3) is 5.91 Å². The molecular formula is C28H32N6O3. The van der Waals surface area contributed by atoms with Crippen molar-refractivity contribution in [2.24, 2.45) is 0 Å². The van der Waals surface area contributed by atoms with Crippen molar-refractivity contribution in [1.82, 2.24) is 29.6 Å². The van der Waals surface area contributed by atoms with E-state index in [0.29, 0.717) is 30.2 Å². The molecule has 1 amide bonds. The Morgan fingerprint density at radius 2 is 1.86 bits per heavy atom. The van der Waals surface area contributed by atoms with Gasteiger partial charge in [-0.15, -0.1) is 0 Å². The van der Waals surface area contributed by atoms with Crippen LogP contribution in [0.25, 0.3) is 5.65 Å². The Kier molecular flexibility index (Phi) is 6.24. The Balaban J connectivity index is 1.20. The number of ether oxygens (including phenoxy) is 1. The van der Waals surface area contributed by atoms with E-state index in [4.69, 9.17) is 19.2 Å². The Morgan fingerprint density at radius 1 is 1.05 bits per heavy atom. The van der Waals surface area contributed by atoms with E-state index in [1.807, 2.05) is 18.7 Å². The third-order valence-corrected chi connectivity index (χ3v) is 7.94. The number of benzene rings is 1. The number of aromatic nitrogens is 5. The summed E-state index contributed by atoms with van der Waals surface area (Å²) in [6, 6.07) is 8.39. The highest BCUT2D eigenvalue weighted by Crippen LogP contribution is 2.31. The maximum atomic E-state index is 13.5. The van der Waals surface area contributed by atoms with Crippen LogP contribution in [0.1, 0.15) is 81.2 Å². The second kappa shape index (κ2) is 9.70. The number of nitrogens with zero attached hydrogens (tertiary/aromatic N) is 6. The zero-order valence-electron chi connectivity index (χ0n) is 21.6. The molecule has 5 heterocycles. The van der Waals surface area contributed by atoms with Gasteiger partial charge >= 0.3 is 0 Å². The predicted molar refractivity (Wildman–Crippen MR) is 137 cm³/mol. The van der Waals surface area contributed by atoms with Crippen molar-refractivity contribution in [3.05, 3.63) is 75.8 Å². The van der Waals surface area contributed by atoms with Gasteiger partial charge in [-0.05, 0) is 56.7 Å². The van der Waals surface area contributed by atoms with Crippen LogP contribution in [-0.4, -0.2) is 61.8 Å². The fourth-order valence-electron chi connectivity index (χ4n) is 5.57. The molecular weight excluding hydrogens is 468 g/mol. The number of hydrogen-bond donors (Lipinski definition) is 0. The first-order valence-corrected chi connectivity index (χ1v) is 13.1. The second-order valence-electron chi connectivity index (χ2n) is 10.3. The summed E-state index contributed by atoms with van der Waals surface area (Å²) in [4.78, 5) is 24.9. The monoisotopic (exact) mass is 500 g/mol. The molecule has 6 rings (SSSR count). The summed E-state index contributed by atoms with van der Waals surface area (Å²) in [5.41, 5.74) is 6.73. The highest BCUT2D eigenvalue weighted by Gasteiger charge is 2.34. The van der Waals surface area contributed by atoms with Crippen molar-refractivity contribution >= 4 is 11.6 Å². The number of aryl methyl sites for hydroxylation is 3. The minimum absolute atomic E-state index is 0.0454. The van der Waals surface area contributed by atoms with Crippen LogP contribution in [0, 0.1) is 20.8 Å². The van der Waals surface area contributed by atoms with E-state index in [1.165, 1.54) is 11.1 Å². The normalized spacial score (nSPS) is 18.7. The predicted octanol–water partition coefficient (Wildman–Crippen LogP) is 4.15. The Labute approximate surface area is 215 Å². The number of fused-ring (bicyclic) bond motifs is 1. The first-order chi connectivity index (χ1) is 18.0. The number of rotatable bonds is 5. The van der Waals surface area contributed by atoms with Crippen LogP contribution in [0.4, 0.5) is 0 Å². The fraction of sp³-hybridized carbons (Fsp3) is 0.464. The molecule has 3 aromatic heterocycles. The lowest BCUT2D eigenvalue weighted by atomic mass is 9.99. The summed E-state index contributed by atoms with van der Waals surface area (Å²) in [6.07, 6.45) is 5.07. The van der Waals surface area contributed by atoms with E-state index in [1.54, 1.807) is 10.7 Å².